The monoisotopic (exact) mass is 456 g/mol. The molecule has 2 heterocycles. The molecule has 170 valence electrons. The molecule has 1 saturated heterocycles. The van der Waals surface area contributed by atoms with Crippen molar-refractivity contribution in [3.05, 3.63) is 52.5 Å². The van der Waals surface area contributed by atoms with Gasteiger partial charge < -0.3 is 9.84 Å². The van der Waals surface area contributed by atoms with Crippen LogP contribution in [-0.2, 0) is 22.5 Å². The van der Waals surface area contributed by atoms with Crippen molar-refractivity contribution >= 4 is 17.3 Å². The summed E-state index contributed by atoms with van der Waals surface area (Å²) in [4.78, 5) is 15.9. The molecule has 5 nitrogen and oxygen atoms in total. The summed E-state index contributed by atoms with van der Waals surface area (Å²) in [6.45, 7) is 4.20. The van der Waals surface area contributed by atoms with Crippen LogP contribution in [0, 0.1) is 11.8 Å². The Hall–Kier alpha value is -1.97. The first-order valence-electron chi connectivity index (χ1n) is 10.4. The van der Waals surface area contributed by atoms with Gasteiger partial charge in [-0.25, -0.2) is 9.78 Å². The maximum atomic E-state index is 10.6. The Labute approximate surface area is 183 Å². The molecular weight excluding hydrogens is 429 g/mol. The summed E-state index contributed by atoms with van der Waals surface area (Å²) in [5, 5.41) is 10.4. The van der Waals surface area contributed by atoms with Gasteiger partial charge in [0.1, 0.15) is 5.01 Å². The number of carbonyl (C=O) groups is 1. The van der Waals surface area contributed by atoms with Crippen LogP contribution in [0.25, 0.3) is 0 Å². The third-order valence-corrected chi connectivity index (χ3v) is 6.18. The number of alkyl halides is 3. The van der Waals surface area contributed by atoms with Crippen molar-refractivity contribution in [1.82, 2.24) is 9.88 Å². The van der Waals surface area contributed by atoms with Crippen LogP contribution in [0.2, 0.25) is 0 Å². The highest BCUT2D eigenvalue weighted by Crippen LogP contribution is 2.32. The van der Waals surface area contributed by atoms with Crippen molar-refractivity contribution < 1.29 is 27.8 Å². The molecule has 0 spiro atoms. The summed E-state index contributed by atoms with van der Waals surface area (Å²) in [6.07, 6.45) is 2.24. The smallest absolute Gasteiger partial charge is 0.475 e. The van der Waals surface area contributed by atoms with Crippen molar-refractivity contribution in [2.45, 2.75) is 44.5 Å². The zero-order valence-corrected chi connectivity index (χ0v) is 17.9. The molecule has 4 rings (SSSR count). The quantitative estimate of drug-likeness (QED) is 0.658. The van der Waals surface area contributed by atoms with Crippen LogP contribution in [0.3, 0.4) is 0 Å². The Bertz CT molecular complexity index is 798. The van der Waals surface area contributed by atoms with Crippen LogP contribution in [0.1, 0.15) is 29.8 Å². The zero-order chi connectivity index (χ0) is 22.3. The average molecular weight is 457 g/mol. The van der Waals surface area contributed by atoms with Crippen LogP contribution >= 0.6 is 11.3 Å². The van der Waals surface area contributed by atoms with Gasteiger partial charge in [0.2, 0.25) is 0 Å². The molecule has 2 fully saturated rings. The summed E-state index contributed by atoms with van der Waals surface area (Å²) in [6, 6.07) is 10.9. The van der Waals surface area contributed by atoms with E-state index in [4.69, 9.17) is 14.6 Å². The molecule has 1 aliphatic heterocycles. The van der Waals surface area contributed by atoms with Crippen LogP contribution < -0.4 is 0 Å². The van der Waals surface area contributed by atoms with Gasteiger partial charge in [0.15, 0.2) is 0 Å². The van der Waals surface area contributed by atoms with Crippen molar-refractivity contribution in [3.63, 3.8) is 0 Å². The molecule has 2 aromatic rings. The van der Waals surface area contributed by atoms with Crippen molar-refractivity contribution in [2.75, 3.05) is 19.7 Å². The predicted molar refractivity (Wildman–Crippen MR) is 112 cm³/mol. The number of aromatic nitrogens is 1. The third-order valence-electron chi connectivity index (χ3n) is 5.42. The molecular formula is C22H27F3N2O3S. The fourth-order valence-electron chi connectivity index (χ4n) is 3.63. The molecule has 0 radical (unpaired) electrons. The Morgan fingerprint density at radius 3 is 2.52 bits per heavy atom. The van der Waals surface area contributed by atoms with Gasteiger partial charge in [-0.2, -0.15) is 13.2 Å². The van der Waals surface area contributed by atoms with Crippen LogP contribution in [0.15, 0.2) is 41.9 Å². The first-order valence-corrected chi connectivity index (χ1v) is 11.3. The van der Waals surface area contributed by atoms with E-state index in [9.17, 15) is 13.2 Å². The van der Waals surface area contributed by atoms with E-state index in [1.54, 1.807) is 11.3 Å². The van der Waals surface area contributed by atoms with Gasteiger partial charge in [0.05, 0.1) is 12.6 Å². The maximum Gasteiger partial charge on any atom is 0.490 e. The number of hydrogen-bond donors (Lipinski definition) is 1. The lowest BCUT2D eigenvalue weighted by molar-refractivity contribution is -0.192. The molecule has 0 bridgehead atoms. The van der Waals surface area contributed by atoms with Gasteiger partial charge in [0, 0.05) is 37.2 Å². The number of likely N-dealkylation sites (tertiary alicyclic amines) is 1. The van der Waals surface area contributed by atoms with E-state index in [1.165, 1.54) is 23.4 Å². The molecule has 1 aliphatic carbocycles. The largest absolute Gasteiger partial charge is 0.490 e. The van der Waals surface area contributed by atoms with E-state index in [1.807, 2.05) is 6.20 Å². The van der Waals surface area contributed by atoms with Crippen LogP contribution in [0.5, 0.6) is 0 Å². The summed E-state index contributed by atoms with van der Waals surface area (Å²) in [7, 11) is 0. The van der Waals surface area contributed by atoms with E-state index in [0.717, 1.165) is 45.0 Å². The number of nitrogens with zero attached hydrogens (tertiary/aromatic N) is 2. The zero-order valence-electron chi connectivity index (χ0n) is 17.1. The van der Waals surface area contributed by atoms with E-state index in [0.29, 0.717) is 12.0 Å². The number of thiazole rings is 1. The highest BCUT2D eigenvalue weighted by atomic mass is 32.1. The lowest BCUT2D eigenvalue weighted by atomic mass is 9.88. The van der Waals surface area contributed by atoms with Crippen LogP contribution in [-0.4, -0.2) is 52.9 Å². The Balaban J connectivity index is 0.000000339. The van der Waals surface area contributed by atoms with Gasteiger partial charge in [-0.1, -0.05) is 30.3 Å². The molecule has 1 N–H and O–H groups in total. The van der Waals surface area contributed by atoms with Gasteiger partial charge >= 0.3 is 12.1 Å². The van der Waals surface area contributed by atoms with E-state index in [-0.39, 0.29) is 0 Å². The SMILES string of the molecule is O=C(O)C(F)(F)F.c1ccc(C[C@H]2CN(Cc3nccs3)CC[C@@H]2OCC2CC2)cc1. The number of ether oxygens (including phenoxy) is 1. The molecule has 31 heavy (non-hydrogen) atoms. The van der Waals surface area contributed by atoms with Gasteiger partial charge in [-0.15, -0.1) is 11.3 Å². The molecule has 1 aromatic heterocycles. The van der Waals surface area contributed by atoms with Crippen molar-refractivity contribution in [1.29, 1.82) is 0 Å². The lowest BCUT2D eigenvalue weighted by Crippen LogP contribution is -2.45. The molecule has 2 aliphatic rings. The summed E-state index contributed by atoms with van der Waals surface area (Å²) in [5.74, 6) is -1.33. The number of aliphatic carboxylic acids is 1. The van der Waals surface area contributed by atoms with Crippen LogP contribution in [0.4, 0.5) is 13.2 Å². The summed E-state index contributed by atoms with van der Waals surface area (Å²) in [5.41, 5.74) is 1.43. The number of hydrogen-bond acceptors (Lipinski definition) is 5. The standard InChI is InChI=1S/C20H26N2OS.C2HF3O2/c1-2-4-16(5-3-1)12-18-13-22(14-20-21-9-11-24-20)10-8-19(18)23-15-17-6-7-17;3-2(4,5)1(6)7/h1-5,9,11,17-19H,6-8,10,12-15H2;(H,6,7)/t18-,19-;/m0./s1. The van der Waals surface area contributed by atoms with Gasteiger partial charge in [-0.05, 0) is 37.2 Å². The van der Waals surface area contributed by atoms with E-state index >= 15 is 0 Å². The minimum absolute atomic E-state index is 0.415. The van der Waals surface area contributed by atoms with Gasteiger partial charge in [-0.3, -0.25) is 4.90 Å². The predicted octanol–water partition coefficient (Wildman–Crippen LogP) is 4.64. The topological polar surface area (TPSA) is 62.7 Å². The third kappa shape index (κ3) is 8.23. The van der Waals surface area contributed by atoms with Gasteiger partial charge in [0.25, 0.3) is 0 Å². The fraction of sp³-hybridized carbons (Fsp3) is 0.545. The lowest BCUT2D eigenvalue weighted by Gasteiger charge is -2.38. The molecule has 0 unspecified atom stereocenters. The number of carboxylic acid groups (broad SMARTS) is 1. The first kappa shape index (κ1) is 23.7. The highest BCUT2D eigenvalue weighted by Gasteiger charge is 2.38. The second kappa shape index (κ2) is 11.1. The number of carboxylic acids is 1. The molecule has 9 heteroatoms. The number of piperidine rings is 1. The first-order chi connectivity index (χ1) is 14.8. The van der Waals surface area contributed by atoms with E-state index in [2.05, 4.69) is 45.6 Å². The molecule has 1 aromatic carbocycles. The Kier molecular flexibility index (Phi) is 8.45. The maximum absolute atomic E-state index is 10.6. The molecule has 1 saturated carbocycles. The fourth-order valence-corrected chi connectivity index (χ4v) is 4.29. The normalized spacial score (nSPS) is 21.9. The van der Waals surface area contributed by atoms with Crippen molar-refractivity contribution in [2.24, 2.45) is 11.8 Å². The summed E-state index contributed by atoms with van der Waals surface area (Å²) < 4.78 is 38.1. The second-order valence-corrected chi connectivity index (χ2v) is 9.00. The number of rotatable bonds is 7. The number of benzene rings is 1. The Morgan fingerprint density at radius 1 is 1.23 bits per heavy atom. The Morgan fingerprint density at radius 2 is 1.94 bits per heavy atom. The van der Waals surface area contributed by atoms with E-state index < -0.39 is 12.1 Å². The minimum Gasteiger partial charge on any atom is -0.475 e. The minimum atomic E-state index is -5.08. The number of halogens is 3. The second-order valence-electron chi connectivity index (χ2n) is 8.02. The van der Waals surface area contributed by atoms with Crippen molar-refractivity contribution in [3.8, 4) is 0 Å². The molecule has 0 amide bonds. The average Bonchev–Trinajstić information content (AvgIpc) is 3.42. The highest BCUT2D eigenvalue weighted by molar-refractivity contribution is 7.09. The summed E-state index contributed by atoms with van der Waals surface area (Å²) >= 11 is 1.76. The molecule has 2 atom stereocenters.